The van der Waals surface area contributed by atoms with Crippen LogP contribution in [-0.2, 0) is 9.53 Å². The molecule has 0 radical (unpaired) electrons. The average molecular weight is 495 g/mol. The van der Waals surface area contributed by atoms with E-state index in [0.717, 1.165) is 26.2 Å². The van der Waals surface area contributed by atoms with Crippen LogP contribution in [0.5, 0.6) is 11.5 Å². The summed E-state index contributed by atoms with van der Waals surface area (Å²) in [5.41, 5.74) is 5.21. The molecular weight excluding hydrogens is 460 g/mol. The van der Waals surface area contributed by atoms with E-state index in [1.165, 1.54) is 30.0 Å². The van der Waals surface area contributed by atoms with Crippen LogP contribution in [0.1, 0.15) is 29.7 Å². The zero-order chi connectivity index (χ0) is 25.8. The molecule has 0 aliphatic carbocycles. The number of hydrogen-bond acceptors (Lipinski definition) is 7. The van der Waals surface area contributed by atoms with Crippen molar-refractivity contribution in [2.45, 2.75) is 26.8 Å². The lowest BCUT2D eigenvalue weighted by molar-refractivity contribution is -0.136. The van der Waals surface area contributed by atoms with Gasteiger partial charge in [-0.05, 0) is 50.1 Å². The van der Waals surface area contributed by atoms with Gasteiger partial charge in [-0.3, -0.25) is 4.90 Å². The molecule has 9 heteroatoms. The van der Waals surface area contributed by atoms with E-state index < -0.39 is 18.0 Å². The fraction of sp³-hybridized carbons (Fsp3) is 0.407. The van der Waals surface area contributed by atoms with Gasteiger partial charge < -0.3 is 30.1 Å². The Morgan fingerprint density at radius 3 is 2.53 bits per heavy atom. The van der Waals surface area contributed by atoms with E-state index in [4.69, 9.17) is 9.47 Å². The molecule has 0 unspecified atom stereocenters. The second-order valence-electron chi connectivity index (χ2n) is 9.13. The molecule has 0 spiro atoms. The van der Waals surface area contributed by atoms with Crippen molar-refractivity contribution in [1.29, 1.82) is 0 Å². The largest absolute Gasteiger partial charge is 0.504 e. The summed E-state index contributed by atoms with van der Waals surface area (Å²) in [5.74, 6) is -0.245. The summed E-state index contributed by atoms with van der Waals surface area (Å²) >= 11 is 0. The minimum absolute atomic E-state index is 0.00799. The maximum absolute atomic E-state index is 12.9. The van der Waals surface area contributed by atoms with Gasteiger partial charge >= 0.3 is 12.0 Å². The van der Waals surface area contributed by atoms with Crippen LogP contribution in [0.15, 0.2) is 47.7 Å². The lowest BCUT2D eigenvalue weighted by atomic mass is 9.94. The number of anilines is 1. The third-order valence-electron chi connectivity index (χ3n) is 6.62. The van der Waals surface area contributed by atoms with Crippen LogP contribution in [-0.4, -0.2) is 68.4 Å². The van der Waals surface area contributed by atoms with Crippen molar-refractivity contribution in [1.82, 2.24) is 15.5 Å². The number of urea groups is 1. The SMILES string of the molecule is CCOc1cc([C@H]2NC(=O)NC(CN3CCN(c4ccc(C)cc4C)CC3)=C2C(=O)OC)ccc1O. The normalized spacial score (nSPS) is 18.5. The number of carbonyl (C=O) groups is 2. The van der Waals surface area contributed by atoms with E-state index in [2.05, 4.69) is 52.5 Å². The summed E-state index contributed by atoms with van der Waals surface area (Å²) in [5, 5.41) is 15.8. The molecule has 9 nitrogen and oxygen atoms in total. The van der Waals surface area contributed by atoms with Gasteiger partial charge in [-0.25, -0.2) is 9.59 Å². The number of aryl methyl sites for hydroxylation is 2. The number of benzene rings is 2. The summed E-state index contributed by atoms with van der Waals surface area (Å²) in [6.07, 6.45) is 0. The first kappa shape index (κ1) is 25.4. The van der Waals surface area contributed by atoms with E-state index >= 15 is 0 Å². The highest BCUT2D eigenvalue weighted by molar-refractivity contribution is 5.95. The number of phenols is 1. The van der Waals surface area contributed by atoms with Gasteiger partial charge in [0.25, 0.3) is 0 Å². The van der Waals surface area contributed by atoms with Gasteiger partial charge in [0.1, 0.15) is 0 Å². The van der Waals surface area contributed by atoms with E-state index in [1.807, 2.05) is 6.92 Å². The highest BCUT2D eigenvalue weighted by atomic mass is 16.5. The number of amides is 2. The number of carbonyl (C=O) groups excluding carboxylic acids is 2. The number of aromatic hydroxyl groups is 1. The molecule has 36 heavy (non-hydrogen) atoms. The number of rotatable bonds is 7. The predicted molar refractivity (Wildman–Crippen MR) is 137 cm³/mol. The summed E-state index contributed by atoms with van der Waals surface area (Å²) in [4.78, 5) is 30.1. The molecule has 2 heterocycles. The Kier molecular flexibility index (Phi) is 7.69. The highest BCUT2D eigenvalue weighted by Gasteiger charge is 2.35. The van der Waals surface area contributed by atoms with Crippen LogP contribution >= 0.6 is 0 Å². The third-order valence-corrected chi connectivity index (χ3v) is 6.62. The van der Waals surface area contributed by atoms with Crippen molar-refractivity contribution in [3.63, 3.8) is 0 Å². The Bertz CT molecular complexity index is 1170. The first-order valence-corrected chi connectivity index (χ1v) is 12.2. The van der Waals surface area contributed by atoms with Gasteiger partial charge in [-0.15, -0.1) is 0 Å². The van der Waals surface area contributed by atoms with Crippen LogP contribution < -0.4 is 20.3 Å². The van der Waals surface area contributed by atoms with Gasteiger partial charge in [-0.1, -0.05) is 23.8 Å². The van der Waals surface area contributed by atoms with Crippen LogP contribution in [0.4, 0.5) is 10.5 Å². The number of esters is 1. The molecule has 0 bridgehead atoms. The number of methoxy groups -OCH3 is 1. The topological polar surface area (TPSA) is 103 Å². The molecule has 0 aromatic heterocycles. The zero-order valence-electron chi connectivity index (χ0n) is 21.3. The van der Waals surface area contributed by atoms with Gasteiger partial charge in [-0.2, -0.15) is 0 Å². The summed E-state index contributed by atoms with van der Waals surface area (Å²) in [6.45, 7) is 10.1. The van der Waals surface area contributed by atoms with Gasteiger partial charge in [0, 0.05) is 44.1 Å². The van der Waals surface area contributed by atoms with Crippen molar-refractivity contribution in [3.05, 3.63) is 64.4 Å². The van der Waals surface area contributed by atoms with Crippen LogP contribution in [0, 0.1) is 13.8 Å². The molecule has 2 aromatic carbocycles. The molecule has 3 N–H and O–H groups in total. The summed E-state index contributed by atoms with van der Waals surface area (Å²) in [6, 6.07) is 10.2. The van der Waals surface area contributed by atoms with Crippen molar-refractivity contribution in [3.8, 4) is 11.5 Å². The molecule has 1 saturated heterocycles. The van der Waals surface area contributed by atoms with Crippen LogP contribution in [0.3, 0.4) is 0 Å². The Balaban J connectivity index is 1.57. The maximum Gasteiger partial charge on any atom is 0.338 e. The lowest BCUT2D eigenvalue weighted by Gasteiger charge is -2.38. The number of phenolic OH excluding ortho intramolecular Hbond substituents is 1. The molecule has 192 valence electrons. The summed E-state index contributed by atoms with van der Waals surface area (Å²) < 4.78 is 10.6. The second kappa shape index (κ2) is 10.9. The Morgan fingerprint density at radius 1 is 1.11 bits per heavy atom. The molecule has 2 aliphatic heterocycles. The van der Waals surface area contributed by atoms with E-state index in [9.17, 15) is 14.7 Å². The second-order valence-corrected chi connectivity index (χ2v) is 9.13. The Morgan fingerprint density at radius 2 is 1.86 bits per heavy atom. The van der Waals surface area contributed by atoms with Crippen LogP contribution in [0.25, 0.3) is 0 Å². The molecule has 4 rings (SSSR count). The van der Waals surface area contributed by atoms with Crippen molar-refractivity contribution < 1.29 is 24.2 Å². The van der Waals surface area contributed by atoms with E-state index in [1.54, 1.807) is 12.1 Å². The van der Waals surface area contributed by atoms with Gasteiger partial charge in [0.2, 0.25) is 0 Å². The molecule has 2 amide bonds. The molecule has 1 fully saturated rings. The van der Waals surface area contributed by atoms with Crippen LogP contribution in [0.2, 0.25) is 0 Å². The number of nitrogens with zero attached hydrogens (tertiary/aromatic N) is 2. The molecular formula is C27H34N4O5. The number of ether oxygens (including phenoxy) is 2. The maximum atomic E-state index is 12.9. The Hall–Kier alpha value is -3.72. The number of piperazine rings is 1. The number of hydrogen-bond donors (Lipinski definition) is 3. The minimum Gasteiger partial charge on any atom is -0.504 e. The van der Waals surface area contributed by atoms with Crippen molar-refractivity contribution >= 4 is 17.7 Å². The van der Waals surface area contributed by atoms with Gasteiger partial charge in [0.15, 0.2) is 11.5 Å². The zero-order valence-corrected chi connectivity index (χ0v) is 21.3. The average Bonchev–Trinajstić information content (AvgIpc) is 2.85. The third kappa shape index (κ3) is 5.41. The highest BCUT2D eigenvalue weighted by Crippen LogP contribution is 2.34. The minimum atomic E-state index is -0.738. The quantitative estimate of drug-likeness (QED) is 0.509. The van der Waals surface area contributed by atoms with Crippen molar-refractivity contribution in [2.24, 2.45) is 0 Å². The first-order valence-electron chi connectivity index (χ1n) is 12.2. The lowest BCUT2D eigenvalue weighted by Crippen LogP contribution is -2.51. The molecule has 0 saturated carbocycles. The molecule has 2 aliphatic rings. The van der Waals surface area contributed by atoms with E-state index in [-0.39, 0.29) is 11.5 Å². The smallest absolute Gasteiger partial charge is 0.338 e. The van der Waals surface area contributed by atoms with Crippen molar-refractivity contribution in [2.75, 3.05) is 51.3 Å². The Labute approximate surface area is 211 Å². The molecule has 1 atom stereocenters. The summed E-state index contributed by atoms with van der Waals surface area (Å²) in [7, 11) is 1.32. The molecule has 2 aromatic rings. The van der Waals surface area contributed by atoms with Gasteiger partial charge in [0.05, 0.1) is 25.3 Å². The fourth-order valence-corrected chi connectivity index (χ4v) is 4.86. The fourth-order valence-electron chi connectivity index (χ4n) is 4.86. The number of nitrogens with one attached hydrogen (secondary N) is 2. The van der Waals surface area contributed by atoms with E-state index in [0.29, 0.717) is 30.0 Å². The standard InChI is InChI=1S/C27H34N4O5/c1-5-36-23-15-19(7-9-22(23)32)25-24(26(33)35-4)20(28-27(34)29-25)16-30-10-12-31(13-11-30)21-8-6-17(2)14-18(21)3/h6-9,14-15,25,32H,5,10-13,16H2,1-4H3,(H2,28,29,34)/t25-/m1/s1. The monoisotopic (exact) mass is 494 g/mol. The first-order chi connectivity index (χ1) is 17.3. The predicted octanol–water partition coefficient (Wildman–Crippen LogP) is 3.01.